The lowest BCUT2D eigenvalue weighted by atomic mass is 9.99. The predicted octanol–water partition coefficient (Wildman–Crippen LogP) is 2.98. The summed E-state index contributed by atoms with van der Waals surface area (Å²) in [6.07, 6.45) is 1.01. The van der Waals surface area contributed by atoms with E-state index in [0.717, 1.165) is 17.9 Å². The van der Waals surface area contributed by atoms with E-state index in [1.807, 2.05) is 0 Å². The van der Waals surface area contributed by atoms with E-state index in [-0.39, 0.29) is 6.04 Å². The first-order chi connectivity index (χ1) is 8.56. The average molecular weight is 265 g/mol. The van der Waals surface area contributed by atoms with Crippen LogP contribution in [0.5, 0.6) is 0 Å². The lowest BCUT2D eigenvalue weighted by Gasteiger charge is -2.20. The molecule has 1 aromatic carbocycles. The van der Waals surface area contributed by atoms with Crippen LogP contribution < -0.4 is 5.32 Å². The molecule has 1 aliphatic heterocycles. The summed E-state index contributed by atoms with van der Waals surface area (Å²) in [5, 5.41) is 3.58. The third-order valence-electron chi connectivity index (χ3n) is 3.62. The topological polar surface area (TPSA) is 29.1 Å². The van der Waals surface area contributed by atoms with Gasteiger partial charge < -0.3 is 5.32 Å². The summed E-state index contributed by atoms with van der Waals surface area (Å²) >= 11 is 0. The highest BCUT2D eigenvalue weighted by molar-refractivity contribution is 7.85. The Kier molecular flexibility index (Phi) is 4.57. The Hall–Kier alpha value is -0.670. The van der Waals surface area contributed by atoms with Crippen LogP contribution in [0.4, 0.5) is 0 Å². The lowest BCUT2D eigenvalue weighted by molar-refractivity contribution is 0.484. The van der Waals surface area contributed by atoms with Crippen molar-refractivity contribution in [1.29, 1.82) is 0 Å². The van der Waals surface area contributed by atoms with Crippen molar-refractivity contribution in [2.45, 2.75) is 45.2 Å². The average Bonchev–Trinajstić information content (AvgIpc) is 2.51. The molecule has 1 aliphatic rings. The summed E-state index contributed by atoms with van der Waals surface area (Å²) in [4.78, 5) is 0. The second kappa shape index (κ2) is 5.98. The fraction of sp³-hybridized carbons (Fsp3) is 0.600. The molecule has 2 nitrogen and oxygen atoms in total. The minimum atomic E-state index is -0.685. The molecule has 1 saturated heterocycles. The van der Waals surface area contributed by atoms with Gasteiger partial charge in [-0.1, -0.05) is 38.1 Å². The molecular weight excluding hydrogens is 242 g/mol. The van der Waals surface area contributed by atoms with Crippen molar-refractivity contribution in [3.63, 3.8) is 0 Å². The molecule has 0 spiro atoms. The molecule has 1 fully saturated rings. The summed E-state index contributed by atoms with van der Waals surface area (Å²) in [7, 11) is -0.685. The molecule has 3 heteroatoms. The summed E-state index contributed by atoms with van der Waals surface area (Å²) in [5.74, 6) is 2.13. The number of nitrogens with one attached hydrogen (secondary N) is 1. The molecule has 0 aromatic heterocycles. The molecule has 2 rings (SSSR count). The van der Waals surface area contributed by atoms with Gasteiger partial charge in [0.2, 0.25) is 0 Å². The van der Waals surface area contributed by atoms with Crippen LogP contribution in [0.1, 0.15) is 50.3 Å². The maximum absolute atomic E-state index is 11.9. The van der Waals surface area contributed by atoms with E-state index in [9.17, 15) is 4.21 Å². The van der Waals surface area contributed by atoms with Crippen molar-refractivity contribution in [3.05, 3.63) is 35.4 Å². The van der Waals surface area contributed by atoms with E-state index in [1.165, 1.54) is 11.1 Å². The Balaban J connectivity index is 2.16. The summed E-state index contributed by atoms with van der Waals surface area (Å²) < 4.78 is 11.9. The Bertz CT molecular complexity index is 413. The lowest BCUT2D eigenvalue weighted by Crippen LogP contribution is -2.30. The van der Waals surface area contributed by atoms with Crippen LogP contribution >= 0.6 is 0 Å². The molecule has 0 aliphatic carbocycles. The van der Waals surface area contributed by atoms with Crippen LogP contribution in [-0.2, 0) is 10.8 Å². The van der Waals surface area contributed by atoms with Crippen LogP contribution in [-0.4, -0.2) is 21.8 Å². The van der Waals surface area contributed by atoms with Crippen molar-refractivity contribution < 1.29 is 4.21 Å². The van der Waals surface area contributed by atoms with Gasteiger partial charge in [0.1, 0.15) is 0 Å². The third kappa shape index (κ3) is 3.42. The van der Waals surface area contributed by atoms with Gasteiger partial charge in [-0.25, -0.2) is 0 Å². The third-order valence-corrected chi connectivity index (χ3v) is 5.02. The van der Waals surface area contributed by atoms with Crippen molar-refractivity contribution in [2.24, 2.45) is 0 Å². The predicted molar refractivity (Wildman–Crippen MR) is 78.4 cm³/mol. The largest absolute Gasteiger partial charge is 0.307 e. The molecular formula is C15H23NOS. The molecule has 18 heavy (non-hydrogen) atoms. The molecule has 0 saturated carbocycles. The van der Waals surface area contributed by atoms with Gasteiger partial charge in [0, 0.05) is 34.4 Å². The summed E-state index contributed by atoms with van der Waals surface area (Å²) in [6.45, 7) is 6.59. The standard InChI is InChI=1S/C15H23NOS/c1-11(2)13-4-6-14(7-5-13)15-10-18(17)9-8-12(3)16-15/h4-7,11-12,15-16H,8-10H2,1-3H3. The molecule has 1 aromatic rings. The van der Waals surface area contributed by atoms with E-state index in [2.05, 4.69) is 50.4 Å². The Morgan fingerprint density at radius 1 is 1.28 bits per heavy atom. The van der Waals surface area contributed by atoms with Gasteiger partial charge >= 0.3 is 0 Å². The first kappa shape index (κ1) is 13.8. The van der Waals surface area contributed by atoms with Gasteiger partial charge in [-0.3, -0.25) is 4.21 Å². The number of hydrogen-bond donors (Lipinski definition) is 1. The highest BCUT2D eigenvalue weighted by atomic mass is 32.2. The number of hydrogen-bond acceptors (Lipinski definition) is 2. The van der Waals surface area contributed by atoms with Gasteiger partial charge in [0.25, 0.3) is 0 Å². The second-order valence-corrected chi connectivity index (χ2v) is 7.16. The zero-order valence-corrected chi connectivity index (χ0v) is 12.3. The summed E-state index contributed by atoms with van der Waals surface area (Å²) in [6, 6.07) is 9.45. The van der Waals surface area contributed by atoms with E-state index >= 15 is 0 Å². The molecule has 1 heterocycles. The Morgan fingerprint density at radius 3 is 2.56 bits per heavy atom. The fourth-order valence-electron chi connectivity index (χ4n) is 2.36. The van der Waals surface area contributed by atoms with Gasteiger partial charge in [0.05, 0.1) is 0 Å². The van der Waals surface area contributed by atoms with Crippen molar-refractivity contribution in [2.75, 3.05) is 11.5 Å². The maximum atomic E-state index is 11.9. The first-order valence-electron chi connectivity index (χ1n) is 6.77. The smallest absolute Gasteiger partial charge is 0.0438 e. The quantitative estimate of drug-likeness (QED) is 0.890. The minimum Gasteiger partial charge on any atom is -0.307 e. The first-order valence-corrected chi connectivity index (χ1v) is 8.26. The zero-order valence-electron chi connectivity index (χ0n) is 11.5. The van der Waals surface area contributed by atoms with Gasteiger partial charge in [0.15, 0.2) is 0 Å². The summed E-state index contributed by atoms with van der Waals surface area (Å²) in [5.41, 5.74) is 2.63. The SMILES string of the molecule is CC1CCS(=O)CC(c2ccc(C(C)C)cc2)N1. The molecule has 3 atom stereocenters. The number of benzene rings is 1. The minimum absolute atomic E-state index is 0.240. The highest BCUT2D eigenvalue weighted by Crippen LogP contribution is 2.22. The van der Waals surface area contributed by atoms with Crippen LogP contribution in [0.3, 0.4) is 0 Å². The maximum Gasteiger partial charge on any atom is 0.0438 e. The Labute approximate surface area is 113 Å². The van der Waals surface area contributed by atoms with E-state index < -0.39 is 10.8 Å². The van der Waals surface area contributed by atoms with E-state index in [0.29, 0.717) is 12.0 Å². The van der Waals surface area contributed by atoms with E-state index in [4.69, 9.17) is 0 Å². The molecule has 0 radical (unpaired) electrons. The van der Waals surface area contributed by atoms with Crippen molar-refractivity contribution in [1.82, 2.24) is 5.32 Å². The Morgan fingerprint density at radius 2 is 1.94 bits per heavy atom. The van der Waals surface area contributed by atoms with Gasteiger partial charge in [-0.15, -0.1) is 0 Å². The second-order valence-electron chi connectivity index (χ2n) is 5.54. The molecule has 3 unspecified atom stereocenters. The van der Waals surface area contributed by atoms with Crippen LogP contribution in [0.25, 0.3) is 0 Å². The van der Waals surface area contributed by atoms with Crippen LogP contribution in [0.15, 0.2) is 24.3 Å². The highest BCUT2D eigenvalue weighted by Gasteiger charge is 2.21. The molecule has 0 amide bonds. The molecule has 100 valence electrons. The van der Waals surface area contributed by atoms with E-state index in [1.54, 1.807) is 0 Å². The van der Waals surface area contributed by atoms with Crippen LogP contribution in [0, 0.1) is 0 Å². The number of rotatable bonds is 2. The fourth-order valence-corrected chi connectivity index (χ4v) is 3.80. The molecule has 1 N–H and O–H groups in total. The van der Waals surface area contributed by atoms with Crippen LogP contribution in [0.2, 0.25) is 0 Å². The van der Waals surface area contributed by atoms with Crippen molar-refractivity contribution in [3.8, 4) is 0 Å². The normalized spacial score (nSPS) is 29.2. The zero-order chi connectivity index (χ0) is 13.1. The van der Waals surface area contributed by atoms with Crippen molar-refractivity contribution >= 4 is 10.8 Å². The van der Waals surface area contributed by atoms with Gasteiger partial charge in [-0.2, -0.15) is 0 Å². The monoisotopic (exact) mass is 265 g/mol. The van der Waals surface area contributed by atoms with Gasteiger partial charge in [-0.05, 0) is 30.4 Å². The molecule has 0 bridgehead atoms.